The van der Waals surface area contributed by atoms with Crippen molar-refractivity contribution in [3.8, 4) is 5.75 Å². The van der Waals surface area contributed by atoms with Crippen molar-refractivity contribution in [2.75, 3.05) is 45.2 Å². The number of likely N-dealkylation sites (N-methyl/N-ethyl adjacent to an activating group) is 1. The molecular formula is C24H31N3O2. The zero-order valence-corrected chi connectivity index (χ0v) is 17.5. The van der Waals surface area contributed by atoms with E-state index in [1.54, 1.807) is 7.11 Å². The minimum absolute atomic E-state index is 0.0319. The highest BCUT2D eigenvalue weighted by Crippen LogP contribution is 2.32. The summed E-state index contributed by atoms with van der Waals surface area (Å²) in [7, 11) is 3.79. The topological polar surface area (TPSA) is 44.8 Å². The maximum absolute atomic E-state index is 12.7. The number of rotatable bonds is 6. The summed E-state index contributed by atoms with van der Waals surface area (Å²) in [5.74, 6) is 0.728. The van der Waals surface area contributed by atoms with Crippen molar-refractivity contribution in [2.45, 2.75) is 31.7 Å². The van der Waals surface area contributed by atoms with Gasteiger partial charge in [-0.3, -0.25) is 9.69 Å². The Balaban J connectivity index is 1.50. The Morgan fingerprint density at radius 1 is 1.07 bits per heavy atom. The molecule has 0 radical (unpaired) electrons. The number of benzene rings is 2. The SMILES string of the molecule is COc1ccc(C(=O)NC[C@H](c2ccc3c(c2)CCN3C)N2CCCCC2)cc1. The average Bonchev–Trinajstić information content (AvgIpc) is 3.15. The quantitative estimate of drug-likeness (QED) is 0.814. The Labute approximate surface area is 173 Å². The molecule has 0 aliphatic carbocycles. The molecule has 4 rings (SSSR count). The molecule has 0 aromatic heterocycles. The minimum Gasteiger partial charge on any atom is -0.497 e. The van der Waals surface area contributed by atoms with E-state index in [1.807, 2.05) is 24.3 Å². The molecule has 1 amide bonds. The molecule has 0 bridgehead atoms. The van der Waals surface area contributed by atoms with Gasteiger partial charge in [0.05, 0.1) is 13.2 Å². The Morgan fingerprint density at radius 2 is 1.83 bits per heavy atom. The lowest BCUT2D eigenvalue weighted by Gasteiger charge is -2.35. The van der Waals surface area contributed by atoms with Crippen LogP contribution in [-0.2, 0) is 6.42 Å². The zero-order valence-electron chi connectivity index (χ0n) is 17.5. The lowest BCUT2D eigenvalue weighted by Crippen LogP contribution is -2.40. The van der Waals surface area contributed by atoms with Gasteiger partial charge in [0.1, 0.15) is 5.75 Å². The highest BCUT2D eigenvalue weighted by Gasteiger charge is 2.25. The molecule has 1 saturated heterocycles. The highest BCUT2D eigenvalue weighted by molar-refractivity contribution is 5.94. The average molecular weight is 394 g/mol. The second-order valence-corrected chi connectivity index (χ2v) is 8.11. The monoisotopic (exact) mass is 393 g/mol. The van der Waals surface area contributed by atoms with Crippen LogP contribution >= 0.6 is 0 Å². The van der Waals surface area contributed by atoms with Crippen molar-refractivity contribution >= 4 is 11.6 Å². The van der Waals surface area contributed by atoms with E-state index < -0.39 is 0 Å². The standard InChI is InChI=1S/C24H31N3O2/c1-26-15-12-20-16-19(8-11-22(20)26)23(27-13-4-3-5-14-27)17-25-24(28)18-6-9-21(29-2)10-7-18/h6-11,16,23H,3-5,12-15,17H2,1-2H3,(H,25,28)/t23-/m1/s1. The number of ether oxygens (including phenoxy) is 1. The van der Waals surface area contributed by atoms with E-state index in [1.165, 1.54) is 36.1 Å². The third kappa shape index (κ3) is 4.40. The summed E-state index contributed by atoms with van der Waals surface area (Å²) in [5, 5.41) is 3.18. The second-order valence-electron chi connectivity index (χ2n) is 8.11. The van der Waals surface area contributed by atoms with Gasteiger partial charge in [0.2, 0.25) is 0 Å². The van der Waals surface area contributed by atoms with Crippen molar-refractivity contribution < 1.29 is 9.53 Å². The zero-order chi connectivity index (χ0) is 20.2. The van der Waals surface area contributed by atoms with Crippen LogP contribution in [0, 0.1) is 0 Å². The molecule has 154 valence electrons. The summed E-state index contributed by atoms with van der Waals surface area (Å²) in [6.07, 6.45) is 4.87. The van der Waals surface area contributed by atoms with E-state index in [2.05, 4.69) is 40.4 Å². The first-order valence-electron chi connectivity index (χ1n) is 10.7. The van der Waals surface area contributed by atoms with Crippen LogP contribution in [-0.4, -0.2) is 51.1 Å². The predicted molar refractivity (Wildman–Crippen MR) is 117 cm³/mol. The molecule has 5 nitrogen and oxygen atoms in total. The summed E-state index contributed by atoms with van der Waals surface area (Å²) >= 11 is 0. The van der Waals surface area contributed by atoms with E-state index in [0.717, 1.165) is 31.8 Å². The fourth-order valence-corrected chi connectivity index (χ4v) is 4.52. The highest BCUT2D eigenvalue weighted by atomic mass is 16.5. The van der Waals surface area contributed by atoms with E-state index in [-0.39, 0.29) is 11.9 Å². The molecule has 2 aromatic carbocycles. The van der Waals surface area contributed by atoms with E-state index >= 15 is 0 Å². The first-order chi connectivity index (χ1) is 14.2. The molecule has 5 heteroatoms. The number of piperidine rings is 1. The molecule has 1 fully saturated rings. The number of carbonyl (C=O) groups is 1. The van der Waals surface area contributed by atoms with Crippen LogP contribution in [0.1, 0.15) is 46.8 Å². The van der Waals surface area contributed by atoms with Crippen molar-refractivity contribution in [3.05, 3.63) is 59.2 Å². The number of likely N-dealkylation sites (tertiary alicyclic amines) is 1. The third-order valence-electron chi connectivity index (χ3n) is 6.26. The van der Waals surface area contributed by atoms with Gasteiger partial charge in [0.25, 0.3) is 5.91 Å². The van der Waals surface area contributed by atoms with Crippen molar-refractivity contribution in [3.63, 3.8) is 0 Å². The lowest BCUT2D eigenvalue weighted by molar-refractivity contribution is 0.0924. The second kappa shape index (κ2) is 8.87. The van der Waals surface area contributed by atoms with Crippen LogP contribution in [0.25, 0.3) is 0 Å². The van der Waals surface area contributed by atoms with Crippen LogP contribution in [0.5, 0.6) is 5.75 Å². The molecule has 1 N–H and O–H groups in total. The fraction of sp³-hybridized carbons (Fsp3) is 0.458. The maximum Gasteiger partial charge on any atom is 0.251 e. The Bertz CT molecular complexity index is 844. The molecule has 2 aliphatic rings. The molecule has 0 saturated carbocycles. The number of fused-ring (bicyclic) bond motifs is 1. The molecule has 2 heterocycles. The number of anilines is 1. The van der Waals surface area contributed by atoms with Gasteiger partial charge >= 0.3 is 0 Å². The number of nitrogens with one attached hydrogen (secondary N) is 1. The molecular weight excluding hydrogens is 362 g/mol. The number of amides is 1. The van der Waals surface area contributed by atoms with Gasteiger partial charge in [-0.05, 0) is 73.8 Å². The number of nitrogens with zero attached hydrogens (tertiary/aromatic N) is 2. The van der Waals surface area contributed by atoms with Crippen LogP contribution in [0.3, 0.4) is 0 Å². The lowest BCUT2D eigenvalue weighted by atomic mass is 9.98. The summed E-state index contributed by atoms with van der Waals surface area (Å²) in [5.41, 5.74) is 4.75. The van der Waals surface area contributed by atoms with Crippen molar-refractivity contribution in [1.82, 2.24) is 10.2 Å². The van der Waals surface area contributed by atoms with Gasteiger partial charge < -0.3 is 15.0 Å². The normalized spacial score (nSPS) is 17.7. The first-order valence-corrected chi connectivity index (χ1v) is 10.7. The molecule has 2 aromatic rings. The van der Waals surface area contributed by atoms with Crippen molar-refractivity contribution in [2.24, 2.45) is 0 Å². The van der Waals surface area contributed by atoms with Crippen LogP contribution < -0.4 is 15.0 Å². The molecule has 29 heavy (non-hydrogen) atoms. The number of hydrogen-bond acceptors (Lipinski definition) is 4. The maximum atomic E-state index is 12.7. The van der Waals surface area contributed by atoms with E-state index in [9.17, 15) is 4.79 Å². The number of carbonyl (C=O) groups excluding carboxylic acids is 1. The summed E-state index contributed by atoms with van der Waals surface area (Å²) in [4.78, 5) is 17.6. The van der Waals surface area contributed by atoms with Gasteiger partial charge in [-0.15, -0.1) is 0 Å². The minimum atomic E-state index is -0.0319. The number of methoxy groups -OCH3 is 1. The van der Waals surface area contributed by atoms with Crippen LogP contribution in [0.2, 0.25) is 0 Å². The Hall–Kier alpha value is -2.53. The van der Waals surface area contributed by atoms with Crippen molar-refractivity contribution in [1.29, 1.82) is 0 Å². The predicted octanol–water partition coefficient (Wildman–Crippen LogP) is 3.64. The van der Waals surface area contributed by atoms with Gasteiger partial charge in [-0.1, -0.05) is 18.6 Å². The fourth-order valence-electron chi connectivity index (χ4n) is 4.52. The molecule has 0 unspecified atom stereocenters. The van der Waals surface area contributed by atoms with E-state index in [0.29, 0.717) is 12.1 Å². The first kappa shape index (κ1) is 19.8. The van der Waals surface area contributed by atoms with Crippen LogP contribution in [0.4, 0.5) is 5.69 Å². The summed E-state index contributed by atoms with van der Waals surface area (Å²) < 4.78 is 5.19. The van der Waals surface area contributed by atoms with Crippen LogP contribution in [0.15, 0.2) is 42.5 Å². The summed E-state index contributed by atoms with van der Waals surface area (Å²) in [6, 6.07) is 14.4. The Kier molecular flexibility index (Phi) is 6.05. The Morgan fingerprint density at radius 3 is 2.55 bits per heavy atom. The molecule has 0 spiro atoms. The largest absolute Gasteiger partial charge is 0.497 e. The van der Waals surface area contributed by atoms with Gasteiger partial charge in [0.15, 0.2) is 0 Å². The van der Waals surface area contributed by atoms with Gasteiger partial charge in [-0.25, -0.2) is 0 Å². The molecule has 1 atom stereocenters. The smallest absolute Gasteiger partial charge is 0.251 e. The van der Waals surface area contributed by atoms with Gasteiger partial charge in [0, 0.05) is 31.4 Å². The molecule has 2 aliphatic heterocycles. The van der Waals surface area contributed by atoms with E-state index in [4.69, 9.17) is 4.74 Å². The number of hydrogen-bond donors (Lipinski definition) is 1. The third-order valence-corrected chi connectivity index (χ3v) is 6.26. The van der Waals surface area contributed by atoms with Gasteiger partial charge in [-0.2, -0.15) is 0 Å². The summed E-state index contributed by atoms with van der Waals surface area (Å²) in [6.45, 7) is 3.90.